The average Bonchev–Trinajstić information content (AvgIpc) is 2.19. The van der Waals surface area contributed by atoms with Crippen molar-refractivity contribution in [2.45, 2.75) is 25.9 Å². The van der Waals surface area contributed by atoms with Crippen LogP contribution in [0.2, 0.25) is 0 Å². The summed E-state index contributed by atoms with van der Waals surface area (Å²) in [6.45, 7) is 1.71. The van der Waals surface area contributed by atoms with Crippen LogP contribution in [0.25, 0.3) is 0 Å². The van der Waals surface area contributed by atoms with Crippen molar-refractivity contribution in [2.24, 2.45) is 0 Å². The molecule has 1 atom stereocenters. The van der Waals surface area contributed by atoms with Crippen LogP contribution in [0.15, 0.2) is 22.7 Å². The minimum absolute atomic E-state index is 0.0132. The van der Waals surface area contributed by atoms with Crippen LogP contribution in [0.4, 0.5) is 4.39 Å². The van der Waals surface area contributed by atoms with E-state index in [0.29, 0.717) is 10.9 Å². The molecule has 5 heteroatoms. The maximum Gasteiger partial charge on any atom is 0.303 e. The Bertz CT molecular complexity index is 381. The molecule has 0 heterocycles. The van der Waals surface area contributed by atoms with E-state index < -0.39 is 11.8 Å². The largest absolute Gasteiger partial charge is 0.488 e. The second kappa shape index (κ2) is 5.84. The highest BCUT2D eigenvalue weighted by atomic mass is 79.9. The molecule has 0 aromatic heterocycles. The van der Waals surface area contributed by atoms with Crippen molar-refractivity contribution in [2.75, 3.05) is 0 Å². The lowest BCUT2D eigenvalue weighted by Gasteiger charge is -2.14. The first kappa shape index (κ1) is 13.0. The zero-order valence-corrected chi connectivity index (χ0v) is 10.3. The predicted octanol–water partition coefficient (Wildman–Crippen LogP) is 3.22. The number of benzene rings is 1. The van der Waals surface area contributed by atoms with Crippen molar-refractivity contribution in [3.05, 3.63) is 28.5 Å². The molecule has 1 unspecified atom stereocenters. The summed E-state index contributed by atoms with van der Waals surface area (Å²) in [5, 5.41) is 8.48. The van der Waals surface area contributed by atoms with Gasteiger partial charge in [-0.2, -0.15) is 0 Å². The van der Waals surface area contributed by atoms with Crippen LogP contribution in [0.3, 0.4) is 0 Å². The van der Waals surface area contributed by atoms with E-state index in [1.54, 1.807) is 13.0 Å². The quantitative estimate of drug-likeness (QED) is 0.906. The zero-order valence-electron chi connectivity index (χ0n) is 8.74. The molecule has 0 saturated carbocycles. The Balaban J connectivity index is 2.55. The first-order valence-corrected chi connectivity index (χ1v) is 5.62. The molecule has 0 bridgehead atoms. The van der Waals surface area contributed by atoms with Crippen molar-refractivity contribution in [1.82, 2.24) is 0 Å². The van der Waals surface area contributed by atoms with Gasteiger partial charge in [-0.1, -0.05) is 15.9 Å². The van der Waals surface area contributed by atoms with Gasteiger partial charge in [-0.05, 0) is 31.5 Å². The van der Waals surface area contributed by atoms with Gasteiger partial charge in [-0.25, -0.2) is 4.39 Å². The Morgan fingerprint density at radius 1 is 1.62 bits per heavy atom. The summed E-state index contributed by atoms with van der Waals surface area (Å²) in [4.78, 5) is 10.3. The minimum Gasteiger partial charge on any atom is -0.488 e. The number of carboxylic acid groups (broad SMARTS) is 1. The van der Waals surface area contributed by atoms with Crippen LogP contribution < -0.4 is 4.74 Å². The highest BCUT2D eigenvalue weighted by Crippen LogP contribution is 2.23. The summed E-state index contributed by atoms with van der Waals surface area (Å²) in [6, 6.07) is 4.48. The molecule has 88 valence electrons. The molecular formula is C11H12BrFO3. The van der Waals surface area contributed by atoms with Gasteiger partial charge in [0.2, 0.25) is 0 Å². The van der Waals surface area contributed by atoms with Crippen LogP contribution in [-0.2, 0) is 4.79 Å². The molecule has 1 aromatic carbocycles. The normalized spacial score (nSPS) is 12.2. The third-order valence-corrected chi connectivity index (χ3v) is 2.48. The summed E-state index contributed by atoms with van der Waals surface area (Å²) >= 11 is 3.14. The van der Waals surface area contributed by atoms with Gasteiger partial charge in [0.1, 0.15) is 0 Å². The number of hydrogen-bond donors (Lipinski definition) is 1. The SMILES string of the molecule is CC(CCC(=O)O)Oc1ccc(Br)cc1F. The van der Waals surface area contributed by atoms with Gasteiger partial charge in [-0.3, -0.25) is 4.79 Å². The fraction of sp³-hybridized carbons (Fsp3) is 0.364. The van der Waals surface area contributed by atoms with Crippen molar-refractivity contribution in [3.8, 4) is 5.75 Å². The van der Waals surface area contributed by atoms with Gasteiger partial charge in [0.15, 0.2) is 11.6 Å². The summed E-state index contributed by atoms with van der Waals surface area (Å²) in [6.07, 6.45) is 0.0382. The Hall–Kier alpha value is -1.10. The molecule has 1 N–H and O–H groups in total. The maximum absolute atomic E-state index is 13.3. The molecule has 0 aliphatic rings. The lowest BCUT2D eigenvalue weighted by atomic mass is 10.2. The highest BCUT2D eigenvalue weighted by molar-refractivity contribution is 9.10. The van der Waals surface area contributed by atoms with Crippen molar-refractivity contribution in [1.29, 1.82) is 0 Å². The molecular weight excluding hydrogens is 279 g/mol. The zero-order chi connectivity index (χ0) is 12.1. The molecule has 0 aliphatic heterocycles. The summed E-state index contributed by atoms with van der Waals surface area (Å²) < 4.78 is 19.3. The number of carbonyl (C=O) groups is 1. The van der Waals surface area contributed by atoms with Crippen molar-refractivity contribution >= 4 is 21.9 Å². The second-order valence-electron chi connectivity index (χ2n) is 3.44. The molecule has 0 amide bonds. The van der Waals surface area contributed by atoms with E-state index in [1.165, 1.54) is 12.1 Å². The number of rotatable bonds is 5. The van der Waals surface area contributed by atoms with E-state index in [9.17, 15) is 9.18 Å². The number of hydrogen-bond acceptors (Lipinski definition) is 2. The van der Waals surface area contributed by atoms with Crippen molar-refractivity contribution in [3.63, 3.8) is 0 Å². The van der Waals surface area contributed by atoms with Crippen molar-refractivity contribution < 1.29 is 19.0 Å². The fourth-order valence-electron chi connectivity index (χ4n) is 1.17. The van der Waals surface area contributed by atoms with Crippen LogP contribution in [0.1, 0.15) is 19.8 Å². The first-order valence-electron chi connectivity index (χ1n) is 4.82. The lowest BCUT2D eigenvalue weighted by Crippen LogP contribution is -2.14. The Morgan fingerprint density at radius 3 is 2.88 bits per heavy atom. The molecule has 0 saturated heterocycles. The average molecular weight is 291 g/mol. The van der Waals surface area contributed by atoms with Crippen LogP contribution in [0, 0.1) is 5.82 Å². The highest BCUT2D eigenvalue weighted by Gasteiger charge is 2.10. The van der Waals surface area contributed by atoms with Crippen LogP contribution in [-0.4, -0.2) is 17.2 Å². The molecule has 1 aromatic rings. The lowest BCUT2D eigenvalue weighted by molar-refractivity contribution is -0.137. The predicted molar refractivity (Wildman–Crippen MR) is 61.1 cm³/mol. The maximum atomic E-state index is 13.3. The van der Waals surface area contributed by atoms with E-state index in [4.69, 9.17) is 9.84 Å². The molecule has 3 nitrogen and oxygen atoms in total. The third kappa shape index (κ3) is 4.18. The molecule has 0 spiro atoms. The molecule has 0 aliphatic carbocycles. The smallest absolute Gasteiger partial charge is 0.303 e. The van der Waals surface area contributed by atoms with E-state index in [-0.39, 0.29) is 18.3 Å². The summed E-state index contributed by atoms with van der Waals surface area (Å²) in [7, 11) is 0. The topological polar surface area (TPSA) is 46.5 Å². The minimum atomic E-state index is -0.883. The third-order valence-electron chi connectivity index (χ3n) is 1.99. The molecule has 0 radical (unpaired) electrons. The number of carboxylic acids is 1. The van der Waals surface area contributed by atoms with Gasteiger partial charge >= 0.3 is 5.97 Å². The molecule has 16 heavy (non-hydrogen) atoms. The fourth-order valence-corrected chi connectivity index (χ4v) is 1.51. The van der Waals surface area contributed by atoms with Gasteiger partial charge in [0.05, 0.1) is 6.10 Å². The monoisotopic (exact) mass is 290 g/mol. The Labute approximate surface area is 101 Å². The van der Waals surface area contributed by atoms with Gasteiger partial charge in [0.25, 0.3) is 0 Å². The number of ether oxygens (including phenoxy) is 1. The van der Waals surface area contributed by atoms with Crippen LogP contribution in [0.5, 0.6) is 5.75 Å². The van der Waals surface area contributed by atoms with Gasteiger partial charge in [-0.15, -0.1) is 0 Å². The molecule has 1 rings (SSSR count). The Morgan fingerprint density at radius 2 is 2.31 bits per heavy atom. The standard InChI is InChI=1S/C11H12BrFO3/c1-7(2-5-11(14)15)16-10-4-3-8(12)6-9(10)13/h3-4,6-7H,2,5H2,1H3,(H,14,15). The number of halogens is 2. The summed E-state index contributed by atoms with van der Waals surface area (Å²) in [5.41, 5.74) is 0. The Kier molecular flexibility index (Phi) is 4.73. The first-order chi connectivity index (χ1) is 7.49. The molecule has 0 fully saturated rings. The van der Waals surface area contributed by atoms with Crippen LogP contribution >= 0.6 is 15.9 Å². The van der Waals surface area contributed by atoms with E-state index in [0.717, 1.165) is 0 Å². The summed E-state index contributed by atoms with van der Waals surface area (Å²) in [5.74, 6) is -1.20. The van der Waals surface area contributed by atoms with E-state index in [2.05, 4.69) is 15.9 Å². The van der Waals surface area contributed by atoms with Gasteiger partial charge < -0.3 is 9.84 Å². The second-order valence-corrected chi connectivity index (χ2v) is 4.35. The van der Waals surface area contributed by atoms with E-state index >= 15 is 0 Å². The van der Waals surface area contributed by atoms with E-state index in [1.807, 2.05) is 0 Å². The van der Waals surface area contributed by atoms with Gasteiger partial charge in [0, 0.05) is 10.9 Å². The number of aliphatic carboxylic acids is 1.